The van der Waals surface area contributed by atoms with Gasteiger partial charge in [-0.2, -0.15) is 0 Å². The Bertz CT molecular complexity index is 1270. The van der Waals surface area contributed by atoms with Crippen LogP contribution in [0, 0.1) is 23.7 Å². The van der Waals surface area contributed by atoms with Crippen LogP contribution in [0.5, 0.6) is 0 Å². The van der Waals surface area contributed by atoms with E-state index < -0.39 is 6.10 Å². The van der Waals surface area contributed by atoms with E-state index in [1.54, 1.807) is 35.2 Å². The largest absolute Gasteiger partial charge is 0.504 e. The maximum Gasteiger partial charge on any atom is 0.253 e. The van der Waals surface area contributed by atoms with Crippen molar-refractivity contribution in [1.82, 2.24) is 4.90 Å². The quantitative estimate of drug-likeness (QED) is 0.618. The lowest BCUT2D eigenvalue weighted by molar-refractivity contribution is 0.0765. The number of rotatable bonds is 4. The summed E-state index contributed by atoms with van der Waals surface area (Å²) in [4.78, 5) is 14.1. The predicted octanol–water partition coefficient (Wildman–Crippen LogP) is 3.58. The summed E-state index contributed by atoms with van der Waals surface area (Å²) in [6.45, 7) is 5.04. The molecule has 2 heterocycles. The fraction of sp³-hybridized carbons (Fsp3) is 0.179. The van der Waals surface area contributed by atoms with Crippen LogP contribution in [-0.4, -0.2) is 46.8 Å². The predicted molar refractivity (Wildman–Crippen MR) is 131 cm³/mol. The van der Waals surface area contributed by atoms with Gasteiger partial charge >= 0.3 is 0 Å². The lowest BCUT2D eigenvalue weighted by Gasteiger charge is -2.15. The molecule has 0 spiro atoms. The molecular weight excluding hydrogens is 428 g/mol. The summed E-state index contributed by atoms with van der Waals surface area (Å²) in [6, 6.07) is 14.6. The van der Waals surface area contributed by atoms with E-state index in [0.29, 0.717) is 43.0 Å². The van der Waals surface area contributed by atoms with E-state index in [1.165, 1.54) is 6.26 Å². The van der Waals surface area contributed by atoms with Crippen molar-refractivity contribution in [3.05, 3.63) is 101 Å². The van der Waals surface area contributed by atoms with Gasteiger partial charge in [-0.15, -0.1) is 0 Å². The third-order valence-corrected chi connectivity index (χ3v) is 5.44. The van der Waals surface area contributed by atoms with Gasteiger partial charge in [-0.25, -0.2) is 0 Å². The first-order chi connectivity index (χ1) is 16.5. The summed E-state index contributed by atoms with van der Waals surface area (Å²) < 4.78 is 5.31. The third-order valence-electron chi connectivity index (χ3n) is 5.44. The lowest BCUT2D eigenvalue weighted by atomic mass is 10.1. The van der Waals surface area contributed by atoms with E-state index >= 15 is 0 Å². The number of carbonyl (C=O) groups excluding carboxylic acids is 1. The number of amides is 1. The molecule has 1 atom stereocenters. The summed E-state index contributed by atoms with van der Waals surface area (Å²) in [5, 5.41) is 22.7. The second-order valence-electron chi connectivity index (χ2n) is 7.92. The monoisotopic (exact) mass is 452 g/mol. The normalized spacial score (nSPS) is 16.8. The van der Waals surface area contributed by atoms with Crippen molar-refractivity contribution < 1.29 is 19.7 Å². The van der Waals surface area contributed by atoms with Crippen LogP contribution in [0.15, 0.2) is 84.5 Å². The summed E-state index contributed by atoms with van der Waals surface area (Å²) in [5.74, 6) is 12.0. The highest BCUT2D eigenvalue weighted by molar-refractivity contribution is 5.94. The fourth-order valence-corrected chi connectivity index (χ4v) is 3.50. The van der Waals surface area contributed by atoms with Crippen molar-refractivity contribution in [2.24, 2.45) is 0 Å². The number of hydrogen-bond donors (Lipinski definition) is 3. The molecule has 0 saturated carbocycles. The van der Waals surface area contributed by atoms with Gasteiger partial charge < -0.3 is 25.2 Å². The molecular formula is C28H24N2O4. The molecule has 6 heteroatoms. The fourth-order valence-electron chi connectivity index (χ4n) is 3.50. The minimum Gasteiger partial charge on any atom is -0.504 e. The maximum absolute atomic E-state index is 12.4. The first-order valence-corrected chi connectivity index (χ1v) is 10.9. The zero-order chi connectivity index (χ0) is 23.9. The van der Waals surface area contributed by atoms with E-state index in [-0.39, 0.29) is 11.7 Å². The summed E-state index contributed by atoms with van der Waals surface area (Å²) in [6.07, 6.45) is 3.29. The summed E-state index contributed by atoms with van der Waals surface area (Å²) in [7, 11) is 0. The van der Waals surface area contributed by atoms with Gasteiger partial charge in [-0.05, 0) is 72.9 Å². The number of allylic oxidation sites excluding steroid dienone is 1. The number of nitrogens with zero attached hydrogens (tertiary/aromatic N) is 1. The Morgan fingerprint density at radius 1 is 1.09 bits per heavy atom. The Balaban J connectivity index is 1.30. The molecule has 6 nitrogen and oxygen atoms in total. The highest BCUT2D eigenvalue weighted by Crippen LogP contribution is 2.19. The van der Waals surface area contributed by atoms with Crippen LogP contribution in [-0.2, 0) is 4.74 Å². The van der Waals surface area contributed by atoms with Gasteiger partial charge in [0.1, 0.15) is 0 Å². The van der Waals surface area contributed by atoms with Crippen molar-refractivity contribution in [3.8, 4) is 23.7 Å². The maximum atomic E-state index is 12.4. The highest BCUT2D eigenvalue weighted by atomic mass is 16.5. The number of aliphatic hydroxyl groups is 2. The molecule has 2 aromatic carbocycles. The van der Waals surface area contributed by atoms with Gasteiger partial charge in [0.05, 0.1) is 18.9 Å². The number of carbonyl (C=O) groups is 1. The van der Waals surface area contributed by atoms with E-state index in [0.717, 1.165) is 16.8 Å². The Labute approximate surface area is 198 Å². The number of nitrogens with one attached hydrogen (secondary N) is 1. The molecule has 2 aromatic rings. The standard InChI is InChI=1S/C28H24N2O4/c1-20-15-17-34-26(27(20)32)18-29-24-12-8-22(9-13-24)5-3-2-4-21-6-10-23(11-7-21)28(33)30-16-14-25(31)19-30/h6-13,15,17,25,29,31-32H,1,14,16,18-19H2. The average Bonchev–Trinajstić information content (AvgIpc) is 3.30. The van der Waals surface area contributed by atoms with Crippen molar-refractivity contribution in [2.75, 3.05) is 25.0 Å². The van der Waals surface area contributed by atoms with Crippen LogP contribution >= 0.6 is 0 Å². The van der Waals surface area contributed by atoms with Crippen molar-refractivity contribution in [1.29, 1.82) is 0 Å². The number of hydrogen-bond acceptors (Lipinski definition) is 5. The molecule has 0 aromatic heterocycles. The lowest BCUT2D eigenvalue weighted by Crippen LogP contribution is -2.29. The number of benzene rings is 2. The molecule has 4 rings (SSSR count). The zero-order valence-corrected chi connectivity index (χ0v) is 18.5. The highest BCUT2D eigenvalue weighted by Gasteiger charge is 2.25. The molecule has 1 saturated heterocycles. The van der Waals surface area contributed by atoms with Crippen LogP contribution in [0.2, 0.25) is 0 Å². The minimum absolute atomic E-state index is 0.0451. The van der Waals surface area contributed by atoms with E-state index in [1.807, 2.05) is 24.3 Å². The minimum atomic E-state index is -0.429. The Hall–Kier alpha value is -4.39. The smallest absolute Gasteiger partial charge is 0.253 e. The second-order valence-corrected chi connectivity index (χ2v) is 7.92. The molecule has 1 fully saturated rings. The molecule has 2 aliphatic heterocycles. The third kappa shape index (κ3) is 5.69. The van der Waals surface area contributed by atoms with Gasteiger partial charge in [0.25, 0.3) is 5.91 Å². The van der Waals surface area contributed by atoms with Crippen molar-refractivity contribution >= 4 is 11.6 Å². The summed E-state index contributed by atoms with van der Waals surface area (Å²) >= 11 is 0. The molecule has 0 bridgehead atoms. The van der Waals surface area contributed by atoms with Crippen LogP contribution in [0.3, 0.4) is 0 Å². The second kappa shape index (κ2) is 10.5. The molecule has 2 aliphatic rings. The van der Waals surface area contributed by atoms with Crippen molar-refractivity contribution in [3.63, 3.8) is 0 Å². The molecule has 170 valence electrons. The van der Waals surface area contributed by atoms with E-state index in [2.05, 4.69) is 35.6 Å². The number of likely N-dealkylation sites (tertiary alicyclic amines) is 1. The topological polar surface area (TPSA) is 82.0 Å². The van der Waals surface area contributed by atoms with Gasteiger partial charge in [-0.3, -0.25) is 4.79 Å². The van der Waals surface area contributed by atoms with Crippen LogP contribution in [0.1, 0.15) is 27.9 Å². The Morgan fingerprint density at radius 2 is 1.74 bits per heavy atom. The van der Waals surface area contributed by atoms with Gasteiger partial charge in [0.15, 0.2) is 11.5 Å². The Kier molecular flexibility index (Phi) is 7.03. The molecule has 3 N–H and O–H groups in total. The first kappa shape index (κ1) is 22.8. The number of β-amino-alcohol motifs (C(OH)–C–C–N with tert-alkyl or cyclic N) is 1. The average molecular weight is 453 g/mol. The van der Waals surface area contributed by atoms with E-state index in [4.69, 9.17) is 4.74 Å². The van der Waals surface area contributed by atoms with Gasteiger partial charge in [0, 0.05) is 41.0 Å². The SMILES string of the molecule is C=C1C=COC(CNc2ccc(C#CC#Cc3ccc(C(=O)N4CCC(O)C4)cc3)cc2)=C1O. The van der Waals surface area contributed by atoms with Gasteiger partial charge in [-0.1, -0.05) is 18.4 Å². The van der Waals surface area contributed by atoms with Crippen LogP contribution < -0.4 is 5.32 Å². The first-order valence-electron chi connectivity index (χ1n) is 10.9. The van der Waals surface area contributed by atoms with Crippen LogP contribution in [0.4, 0.5) is 5.69 Å². The van der Waals surface area contributed by atoms with Crippen LogP contribution in [0.25, 0.3) is 0 Å². The van der Waals surface area contributed by atoms with E-state index in [9.17, 15) is 15.0 Å². The number of aliphatic hydroxyl groups excluding tert-OH is 2. The number of anilines is 1. The molecule has 1 amide bonds. The number of ether oxygens (including phenoxy) is 1. The molecule has 0 radical (unpaired) electrons. The molecule has 0 aliphatic carbocycles. The Morgan fingerprint density at radius 3 is 2.35 bits per heavy atom. The van der Waals surface area contributed by atoms with Crippen molar-refractivity contribution in [2.45, 2.75) is 12.5 Å². The molecule has 34 heavy (non-hydrogen) atoms. The zero-order valence-electron chi connectivity index (χ0n) is 18.5. The summed E-state index contributed by atoms with van der Waals surface area (Å²) in [5.41, 5.74) is 3.55. The molecule has 1 unspecified atom stereocenters. The van der Waals surface area contributed by atoms with Gasteiger partial charge in [0.2, 0.25) is 0 Å².